The summed E-state index contributed by atoms with van der Waals surface area (Å²) in [6.07, 6.45) is 0. The number of hydrogen-bond donors (Lipinski definition) is 1. The third-order valence-electron chi connectivity index (χ3n) is 3.27. The number of nitrogen functional groups attached to an aromatic ring is 1. The van der Waals surface area contributed by atoms with E-state index < -0.39 is 0 Å². The molecule has 0 unspecified atom stereocenters. The summed E-state index contributed by atoms with van der Waals surface area (Å²) in [5, 5.41) is 5.16. The molecule has 0 saturated carbocycles. The molecular formula is C16H12Cl2N2O. The van der Waals surface area contributed by atoms with Crippen LogP contribution in [0.3, 0.4) is 0 Å². The minimum Gasteiger partial charge on any atom is -0.380 e. The first-order valence-corrected chi connectivity index (χ1v) is 7.09. The SMILES string of the molecule is Cc1ccc(-c2onc(N)c2-c2cccc(Cl)c2)cc1Cl. The normalized spacial score (nSPS) is 10.8. The van der Waals surface area contributed by atoms with E-state index in [0.29, 0.717) is 21.6 Å². The summed E-state index contributed by atoms with van der Waals surface area (Å²) in [5.74, 6) is 0.903. The summed E-state index contributed by atoms with van der Waals surface area (Å²) >= 11 is 12.2. The van der Waals surface area contributed by atoms with E-state index in [-0.39, 0.29) is 0 Å². The number of rotatable bonds is 2. The molecule has 0 aliphatic carbocycles. The van der Waals surface area contributed by atoms with Crippen LogP contribution in [-0.2, 0) is 0 Å². The molecule has 0 aliphatic rings. The summed E-state index contributed by atoms with van der Waals surface area (Å²) in [6.45, 7) is 1.94. The Bertz CT molecular complexity index is 812. The molecule has 3 rings (SSSR count). The summed E-state index contributed by atoms with van der Waals surface area (Å²) < 4.78 is 5.39. The monoisotopic (exact) mass is 318 g/mol. The molecule has 106 valence electrons. The molecule has 0 fully saturated rings. The number of benzene rings is 2. The average Bonchev–Trinajstić information content (AvgIpc) is 2.84. The van der Waals surface area contributed by atoms with Crippen molar-refractivity contribution in [3.05, 3.63) is 58.1 Å². The van der Waals surface area contributed by atoms with Crippen LogP contribution < -0.4 is 5.73 Å². The number of hydrogen-bond acceptors (Lipinski definition) is 3. The van der Waals surface area contributed by atoms with Gasteiger partial charge in [-0.3, -0.25) is 0 Å². The van der Waals surface area contributed by atoms with Crippen molar-refractivity contribution < 1.29 is 4.52 Å². The molecule has 0 saturated heterocycles. The summed E-state index contributed by atoms with van der Waals surface area (Å²) in [6, 6.07) is 13.1. The Labute approximate surface area is 132 Å². The van der Waals surface area contributed by atoms with Gasteiger partial charge in [0.25, 0.3) is 0 Å². The van der Waals surface area contributed by atoms with Crippen molar-refractivity contribution in [2.24, 2.45) is 0 Å². The predicted octanol–water partition coefficient (Wildman–Crippen LogP) is 5.21. The number of nitrogens with two attached hydrogens (primary N) is 1. The van der Waals surface area contributed by atoms with Crippen LogP contribution in [-0.4, -0.2) is 5.16 Å². The highest BCUT2D eigenvalue weighted by molar-refractivity contribution is 6.31. The Balaban J connectivity index is 2.19. The minimum absolute atomic E-state index is 0.323. The van der Waals surface area contributed by atoms with Gasteiger partial charge in [0.05, 0.1) is 5.56 Å². The van der Waals surface area contributed by atoms with Crippen LogP contribution in [0.2, 0.25) is 10.0 Å². The largest absolute Gasteiger partial charge is 0.380 e. The summed E-state index contributed by atoms with van der Waals surface area (Å²) in [4.78, 5) is 0. The van der Waals surface area contributed by atoms with Crippen molar-refractivity contribution in [1.82, 2.24) is 5.16 Å². The van der Waals surface area contributed by atoms with Crippen LogP contribution in [0.5, 0.6) is 0 Å². The van der Waals surface area contributed by atoms with Crippen LogP contribution in [0.15, 0.2) is 47.0 Å². The van der Waals surface area contributed by atoms with Crippen LogP contribution in [0, 0.1) is 6.92 Å². The van der Waals surface area contributed by atoms with Crippen molar-refractivity contribution in [3.8, 4) is 22.5 Å². The van der Waals surface area contributed by atoms with E-state index in [1.54, 1.807) is 6.07 Å². The van der Waals surface area contributed by atoms with Gasteiger partial charge in [0.2, 0.25) is 0 Å². The number of aryl methyl sites for hydroxylation is 1. The number of nitrogens with zero attached hydrogens (tertiary/aromatic N) is 1. The Hall–Kier alpha value is -1.97. The zero-order chi connectivity index (χ0) is 15.0. The lowest BCUT2D eigenvalue weighted by Crippen LogP contribution is -1.89. The molecule has 0 radical (unpaired) electrons. The molecule has 2 N–H and O–H groups in total. The van der Waals surface area contributed by atoms with Gasteiger partial charge in [-0.2, -0.15) is 0 Å². The third kappa shape index (κ3) is 2.62. The van der Waals surface area contributed by atoms with Gasteiger partial charge in [-0.05, 0) is 36.2 Å². The van der Waals surface area contributed by atoms with E-state index >= 15 is 0 Å². The van der Waals surface area contributed by atoms with Crippen LogP contribution in [0.1, 0.15) is 5.56 Å². The van der Waals surface area contributed by atoms with Crippen molar-refractivity contribution in [1.29, 1.82) is 0 Å². The second-order valence-electron chi connectivity index (χ2n) is 4.75. The molecule has 1 heterocycles. The zero-order valence-corrected chi connectivity index (χ0v) is 12.7. The van der Waals surface area contributed by atoms with Crippen molar-refractivity contribution in [3.63, 3.8) is 0 Å². The van der Waals surface area contributed by atoms with Gasteiger partial charge in [0.15, 0.2) is 11.6 Å². The molecule has 2 aromatic carbocycles. The molecule has 1 aromatic heterocycles. The van der Waals surface area contributed by atoms with Gasteiger partial charge < -0.3 is 10.3 Å². The average molecular weight is 319 g/mol. The second-order valence-corrected chi connectivity index (χ2v) is 5.59. The molecule has 21 heavy (non-hydrogen) atoms. The first-order chi connectivity index (χ1) is 10.1. The molecule has 0 atom stereocenters. The number of anilines is 1. The molecular weight excluding hydrogens is 307 g/mol. The standard InChI is InChI=1S/C16H12Cl2N2O/c1-9-5-6-11(8-13(9)18)15-14(16(19)20-21-15)10-3-2-4-12(17)7-10/h2-8H,1H3,(H2,19,20). The van der Waals surface area contributed by atoms with Crippen molar-refractivity contribution in [2.45, 2.75) is 6.92 Å². The molecule has 0 bridgehead atoms. The van der Waals surface area contributed by atoms with E-state index in [4.69, 9.17) is 33.5 Å². The maximum Gasteiger partial charge on any atom is 0.176 e. The lowest BCUT2D eigenvalue weighted by atomic mass is 10.0. The van der Waals surface area contributed by atoms with Gasteiger partial charge in [-0.25, -0.2) is 0 Å². The fourth-order valence-electron chi connectivity index (χ4n) is 2.16. The minimum atomic E-state index is 0.323. The van der Waals surface area contributed by atoms with Gasteiger partial charge >= 0.3 is 0 Å². The van der Waals surface area contributed by atoms with Crippen molar-refractivity contribution >= 4 is 29.0 Å². The Morgan fingerprint density at radius 2 is 1.86 bits per heavy atom. The fourth-order valence-corrected chi connectivity index (χ4v) is 2.53. The number of halogens is 2. The summed E-state index contributed by atoms with van der Waals surface area (Å²) in [7, 11) is 0. The van der Waals surface area contributed by atoms with Crippen LogP contribution >= 0.6 is 23.2 Å². The molecule has 0 aliphatic heterocycles. The van der Waals surface area contributed by atoms with Crippen LogP contribution in [0.4, 0.5) is 5.82 Å². The number of aromatic nitrogens is 1. The first-order valence-electron chi connectivity index (χ1n) is 6.34. The first kappa shape index (κ1) is 14.0. The van der Waals surface area contributed by atoms with Gasteiger partial charge in [0.1, 0.15) is 0 Å². The molecule has 0 amide bonds. The highest BCUT2D eigenvalue weighted by Crippen LogP contribution is 2.38. The zero-order valence-electron chi connectivity index (χ0n) is 11.2. The van der Waals surface area contributed by atoms with Crippen molar-refractivity contribution in [2.75, 3.05) is 5.73 Å². The van der Waals surface area contributed by atoms with E-state index in [2.05, 4.69) is 5.16 Å². The van der Waals surface area contributed by atoms with E-state index in [0.717, 1.165) is 22.3 Å². The lowest BCUT2D eigenvalue weighted by Gasteiger charge is -2.05. The lowest BCUT2D eigenvalue weighted by molar-refractivity contribution is 0.436. The highest BCUT2D eigenvalue weighted by Gasteiger charge is 2.18. The second kappa shape index (κ2) is 5.43. The quantitative estimate of drug-likeness (QED) is 0.706. The van der Waals surface area contributed by atoms with Crippen LogP contribution in [0.25, 0.3) is 22.5 Å². The van der Waals surface area contributed by atoms with Gasteiger partial charge in [-0.1, -0.05) is 52.6 Å². The van der Waals surface area contributed by atoms with E-state index in [1.807, 2.05) is 43.3 Å². The molecule has 3 nitrogen and oxygen atoms in total. The van der Waals surface area contributed by atoms with E-state index in [9.17, 15) is 0 Å². The summed E-state index contributed by atoms with van der Waals surface area (Å²) in [5.41, 5.74) is 9.34. The third-order valence-corrected chi connectivity index (χ3v) is 3.91. The fraction of sp³-hybridized carbons (Fsp3) is 0.0625. The Morgan fingerprint density at radius 3 is 2.57 bits per heavy atom. The smallest absolute Gasteiger partial charge is 0.176 e. The topological polar surface area (TPSA) is 52.0 Å². The Morgan fingerprint density at radius 1 is 1.05 bits per heavy atom. The predicted molar refractivity (Wildman–Crippen MR) is 86.5 cm³/mol. The Kier molecular flexibility index (Phi) is 3.62. The molecule has 5 heteroatoms. The molecule has 3 aromatic rings. The van der Waals surface area contributed by atoms with Gasteiger partial charge in [-0.15, -0.1) is 0 Å². The van der Waals surface area contributed by atoms with Gasteiger partial charge in [0, 0.05) is 15.6 Å². The molecule has 0 spiro atoms. The van der Waals surface area contributed by atoms with E-state index in [1.165, 1.54) is 0 Å². The maximum atomic E-state index is 6.18. The highest BCUT2D eigenvalue weighted by atomic mass is 35.5. The maximum absolute atomic E-state index is 6.18.